The van der Waals surface area contributed by atoms with E-state index in [1.807, 2.05) is 84.6 Å². The summed E-state index contributed by atoms with van der Waals surface area (Å²) < 4.78 is 5.57. The number of ketones is 3. The second-order valence-electron chi connectivity index (χ2n) is 10.9. The molecular weight excluding hydrogens is 534 g/mol. The van der Waals surface area contributed by atoms with Crippen molar-refractivity contribution in [1.82, 2.24) is 0 Å². The first-order valence-corrected chi connectivity index (χ1v) is 13.9. The van der Waals surface area contributed by atoms with Crippen molar-refractivity contribution in [1.29, 1.82) is 0 Å². The fourth-order valence-corrected chi connectivity index (χ4v) is 7.22. The minimum atomic E-state index is -1.56. The number of Topliss-reactive ketones (excluding diaryl/α,β-unsaturated/α-hetero) is 3. The normalized spacial score (nSPS) is 21.5. The van der Waals surface area contributed by atoms with Crippen molar-refractivity contribution in [2.45, 2.75) is 24.9 Å². The molecule has 0 N–H and O–H groups in total. The van der Waals surface area contributed by atoms with E-state index in [-0.39, 0.29) is 17.3 Å². The van der Waals surface area contributed by atoms with Gasteiger partial charge in [-0.05, 0) is 48.4 Å². The fourth-order valence-electron chi connectivity index (χ4n) is 7.04. The molecule has 0 aromatic heterocycles. The first-order valence-electron chi connectivity index (χ1n) is 13.6. The summed E-state index contributed by atoms with van der Waals surface area (Å²) in [4.78, 5) is 46.1. The molecule has 0 amide bonds. The van der Waals surface area contributed by atoms with Gasteiger partial charge in [-0.25, -0.2) is 0 Å². The first-order chi connectivity index (χ1) is 19.9. The molecule has 6 heteroatoms. The summed E-state index contributed by atoms with van der Waals surface area (Å²) in [7, 11) is 1.58. The molecule has 0 bridgehead atoms. The summed E-state index contributed by atoms with van der Waals surface area (Å²) in [6.45, 7) is 1.97. The quantitative estimate of drug-likeness (QED) is 0.199. The van der Waals surface area contributed by atoms with Crippen molar-refractivity contribution in [2.75, 3.05) is 12.0 Å². The van der Waals surface area contributed by atoms with Crippen molar-refractivity contribution >= 4 is 40.7 Å². The largest absolute Gasteiger partial charge is 0.497 e. The Morgan fingerprint density at radius 1 is 0.878 bits per heavy atom. The summed E-state index contributed by atoms with van der Waals surface area (Å²) in [5.41, 5.74) is 3.06. The Hall–Kier alpha value is -4.48. The van der Waals surface area contributed by atoms with Crippen LogP contribution in [0, 0.1) is 12.3 Å². The van der Waals surface area contributed by atoms with Crippen LogP contribution in [0.3, 0.4) is 0 Å². The van der Waals surface area contributed by atoms with Gasteiger partial charge >= 0.3 is 0 Å². The SMILES string of the molecule is COc1cccc([C@H]2[C@@H](C(=O)c3ccc(C)cc3)N3c4ccc(Cl)cc4C=C[C@@H]3C23C(=O)c2ccccc2C3=O)c1. The number of ether oxygens (including phenoxy) is 1. The lowest BCUT2D eigenvalue weighted by atomic mass is 9.64. The maximum Gasteiger partial charge on any atom is 0.185 e. The molecule has 4 aromatic carbocycles. The molecule has 0 unspecified atom stereocenters. The predicted molar refractivity (Wildman–Crippen MR) is 159 cm³/mol. The van der Waals surface area contributed by atoms with Gasteiger partial charge in [0.05, 0.1) is 13.2 Å². The van der Waals surface area contributed by atoms with Gasteiger partial charge in [-0.3, -0.25) is 14.4 Å². The van der Waals surface area contributed by atoms with Gasteiger partial charge in [0.15, 0.2) is 17.3 Å². The number of fused-ring (bicyclic) bond motifs is 5. The van der Waals surface area contributed by atoms with Crippen LogP contribution in [0.2, 0.25) is 5.02 Å². The summed E-state index contributed by atoms with van der Waals surface area (Å²) in [5, 5.41) is 0.562. The summed E-state index contributed by atoms with van der Waals surface area (Å²) in [6, 6.07) is 25.8. The summed E-state index contributed by atoms with van der Waals surface area (Å²) in [5.74, 6) is -0.894. The van der Waals surface area contributed by atoms with E-state index in [0.717, 1.165) is 16.8 Å². The monoisotopic (exact) mass is 559 g/mol. The minimum Gasteiger partial charge on any atom is -0.497 e. The molecule has 202 valence electrons. The second kappa shape index (κ2) is 9.28. The number of carbonyl (C=O) groups is 3. The molecule has 7 rings (SSSR count). The van der Waals surface area contributed by atoms with Gasteiger partial charge in [-0.1, -0.05) is 90.0 Å². The minimum absolute atomic E-state index is 0.160. The van der Waals surface area contributed by atoms with E-state index in [0.29, 0.717) is 33.0 Å². The predicted octanol–water partition coefficient (Wildman–Crippen LogP) is 6.97. The van der Waals surface area contributed by atoms with Crippen molar-refractivity contribution in [3.8, 4) is 5.75 Å². The van der Waals surface area contributed by atoms with Gasteiger partial charge < -0.3 is 9.64 Å². The Balaban J connectivity index is 1.55. The molecule has 0 saturated carbocycles. The molecule has 1 aliphatic carbocycles. The van der Waals surface area contributed by atoms with E-state index < -0.39 is 23.4 Å². The fraction of sp³-hybridized carbons (Fsp3) is 0.171. The van der Waals surface area contributed by atoms with Crippen molar-refractivity contribution < 1.29 is 19.1 Å². The topological polar surface area (TPSA) is 63.7 Å². The van der Waals surface area contributed by atoms with E-state index in [1.54, 1.807) is 37.4 Å². The standard InChI is InChI=1S/C35H26ClNO4/c1-20-10-12-21(13-11-20)32(38)31-30(23-6-5-7-25(19-23)41-2)35(33(39)26-8-3-4-9-27(26)34(35)40)29-17-14-22-18-24(36)15-16-28(22)37(29)31/h3-19,29-31H,1-2H3/t29-,30+,31+/m1/s1. The number of rotatable bonds is 4. The number of hydrogen-bond acceptors (Lipinski definition) is 5. The molecule has 3 atom stereocenters. The number of nitrogens with zero attached hydrogens (tertiary/aromatic N) is 1. The van der Waals surface area contributed by atoms with Crippen LogP contribution in [0.25, 0.3) is 6.08 Å². The lowest BCUT2D eigenvalue weighted by Crippen LogP contribution is -2.48. The summed E-state index contributed by atoms with van der Waals surface area (Å²) >= 11 is 6.37. The molecule has 2 heterocycles. The van der Waals surface area contributed by atoms with Crippen LogP contribution >= 0.6 is 11.6 Å². The zero-order chi connectivity index (χ0) is 28.5. The number of methoxy groups -OCH3 is 1. The molecule has 1 fully saturated rings. The van der Waals surface area contributed by atoms with E-state index in [1.165, 1.54) is 0 Å². The lowest BCUT2D eigenvalue weighted by molar-refractivity contribution is 0.0665. The van der Waals surface area contributed by atoms with E-state index in [2.05, 4.69) is 0 Å². The van der Waals surface area contributed by atoms with Crippen LogP contribution < -0.4 is 9.64 Å². The maximum absolute atomic E-state index is 14.7. The third kappa shape index (κ3) is 3.52. The maximum atomic E-state index is 14.7. The zero-order valence-electron chi connectivity index (χ0n) is 22.5. The average Bonchev–Trinajstić information content (AvgIpc) is 3.43. The second-order valence-corrected chi connectivity index (χ2v) is 11.4. The molecule has 1 spiro atoms. The highest BCUT2D eigenvalue weighted by molar-refractivity contribution is 6.32. The van der Waals surface area contributed by atoms with Gasteiger partial charge in [0.1, 0.15) is 17.2 Å². The van der Waals surface area contributed by atoms with Crippen LogP contribution in [-0.4, -0.2) is 36.5 Å². The molecule has 5 nitrogen and oxygen atoms in total. The highest BCUT2D eigenvalue weighted by atomic mass is 35.5. The number of aryl methyl sites for hydroxylation is 1. The number of hydrogen-bond donors (Lipinski definition) is 0. The third-order valence-corrected chi connectivity index (χ3v) is 9.06. The van der Waals surface area contributed by atoms with Crippen LogP contribution in [-0.2, 0) is 0 Å². The Labute approximate surface area is 243 Å². The lowest BCUT2D eigenvalue weighted by Gasteiger charge is -2.37. The van der Waals surface area contributed by atoms with Gasteiger partial charge in [-0.2, -0.15) is 0 Å². The zero-order valence-corrected chi connectivity index (χ0v) is 23.3. The van der Waals surface area contributed by atoms with Crippen LogP contribution in [0.5, 0.6) is 5.75 Å². The Bertz CT molecular complexity index is 1760. The highest BCUT2D eigenvalue weighted by Gasteiger charge is 2.71. The van der Waals surface area contributed by atoms with Gasteiger partial charge in [0, 0.05) is 33.3 Å². The van der Waals surface area contributed by atoms with Crippen LogP contribution in [0.4, 0.5) is 5.69 Å². The van der Waals surface area contributed by atoms with Crippen molar-refractivity contribution in [3.05, 3.63) is 135 Å². The van der Waals surface area contributed by atoms with Gasteiger partial charge in [0.2, 0.25) is 0 Å². The third-order valence-electron chi connectivity index (χ3n) is 8.82. The van der Waals surface area contributed by atoms with Crippen LogP contribution in [0.1, 0.15) is 53.7 Å². The van der Waals surface area contributed by atoms with Gasteiger partial charge in [0.25, 0.3) is 0 Å². The number of halogens is 1. The molecule has 41 heavy (non-hydrogen) atoms. The highest BCUT2D eigenvalue weighted by Crippen LogP contribution is 2.61. The molecule has 2 aliphatic heterocycles. The van der Waals surface area contributed by atoms with Crippen molar-refractivity contribution in [3.63, 3.8) is 0 Å². The van der Waals surface area contributed by atoms with E-state index in [9.17, 15) is 14.4 Å². The molecule has 3 aliphatic rings. The molecule has 1 saturated heterocycles. The number of anilines is 1. The number of benzene rings is 4. The van der Waals surface area contributed by atoms with Crippen molar-refractivity contribution in [2.24, 2.45) is 5.41 Å². The van der Waals surface area contributed by atoms with E-state index in [4.69, 9.17) is 16.3 Å². The van der Waals surface area contributed by atoms with E-state index >= 15 is 0 Å². The molecule has 4 aromatic rings. The number of carbonyl (C=O) groups excluding carboxylic acids is 3. The Morgan fingerprint density at radius 3 is 2.27 bits per heavy atom. The first kappa shape index (κ1) is 25.5. The smallest absolute Gasteiger partial charge is 0.185 e. The average molecular weight is 560 g/mol. The molecule has 0 radical (unpaired) electrons. The molecular formula is C35H26ClNO4. The van der Waals surface area contributed by atoms with Crippen LogP contribution in [0.15, 0.2) is 97.1 Å². The Kier molecular flexibility index (Phi) is 5.77. The Morgan fingerprint density at radius 2 is 1.59 bits per heavy atom. The van der Waals surface area contributed by atoms with Gasteiger partial charge in [-0.15, -0.1) is 0 Å². The summed E-state index contributed by atoms with van der Waals surface area (Å²) in [6.07, 6.45) is 3.81.